The lowest BCUT2D eigenvalue weighted by Crippen LogP contribution is -2.11. The quantitative estimate of drug-likeness (QED) is 0.643. The van der Waals surface area contributed by atoms with Gasteiger partial charge in [0.05, 0.1) is 30.9 Å². The minimum atomic E-state index is -1.05. The van der Waals surface area contributed by atoms with Crippen LogP contribution in [0.1, 0.15) is 17.3 Å². The van der Waals surface area contributed by atoms with E-state index in [1.54, 1.807) is 31.2 Å². The number of rotatable bonds is 5. The average Bonchev–Trinajstić information content (AvgIpc) is 2.64. The molecule has 0 aliphatic rings. The van der Waals surface area contributed by atoms with Gasteiger partial charge in [-0.15, -0.1) is 0 Å². The summed E-state index contributed by atoms with van der Waals surface area (Å²) in [7, 11) is 1.11. The topological polar surface area (TPSA) is 70.5 Å². The van der Waals surface area contributed by atoms with Crippen LogP contribution in [0.2, 0.25) is 0 Å². The van der Waals surface area contributed by atoms with Crippen LogP contribution < -0.4 is 9.47 Å². The second-order valence-corrected chi connectivity index (χ2v) is 5.10. The van der Waals surface area contributed by atoms with Crippen molar-refractivity contribution in [1.82, 2.24) is 9.97 Å². The molecule has 0 fully saturated rings. The number of aromatic nitrogens is 2. The molecule has 1 aromatic heterocycles. The standard InChI is InChI=1S/C18H14F2N2O4/c1-3-25-18(23)15-10(19)8-13(16(20)17(15)24-2)26-14-9-21-11-6-4-5-7-12(11)22-14/h4-9H,3H2,1-2H3. The first-order valence-electron chi connectivity index (χ1n) is 7.68. The van der Waals surface area contributed by atoms with Crippen LogP contribution in [0.15, 0.2) is 36.5 Å². The van der Waals surface area contributed by atoms with Gasteiger partial charge in [-0.2, -0.15) is 4.39 Å². The van der Waals surface area contributed by atoms with Gasteiger partial charge in [0.25, 0.3) is 0 Å². The van der Waals surface area contributed by atoms with Gasteiger partial charge < -0.3 is 14.2 Å². The minimum absolute atomic E-state index is 0.00791. The number of benzene rings is 2. The van der Waals surface area contributed by atoms with Crippen molar-refractivity contribution in [2.75, 3.05) is 13.7 Å². The SMILES string of the molecule is CCOC(=O)c1c(F)cc(Oc2cnc3ccccc3n2)c(F)c1OC. The molecule has 0 aliphatic heterocycles. The second kappa shape index (κ2) is 7.30. The van der Waals surface area contributed by atoms with Crippen molar-refractivity contribution >= 4 is 17.0 Å². The summed E-state index contributed by atoms with van der Waals surface area (Å²) < 4.78 is 43.9. The van der Waals surface area contributed by atoms with Gasteiger partial charge in [-0.3, -0.25) is 0 Å². The van der Waals surface area contributed by atoms with Gasteiger partial charge in [0.1, 0.15) is 11.4 Å². The Kier molecular flexibility index (Phi) is 4.92. The minimum Gasteiger partial charge on any atom is -0.493 e. The maximum Gasteiger partial charge on any atom is 0.345 e. The van der Waals surface area contributed by atoms with Crippen LogP contribution in [-0.2, 0) is 4.74 Å². The zero-order valence-corrected chi connectivity index (χ0v) is 14.0. The number of methoxy groups -OCH3 is 1. The van der Waals surface area contributed by atoms with Crippen LogP contribution in [0.5, 0.6) is 17.4 Å². The summed E-state index contributed by atoms with van der Waals surface area (Å²) in [6, 6.07) is 7.75. The summed E-state index contributed by atoms with van der Waals surface area (Å²) in [4.78, 5) is 20.2. The first-order chi connectivity index (χ1) is 12.5. The molecule has 0 aliphatic carbocycles. The Bertz CT molecular complexity index is 979. The Labute approximate surface area is 147 Å². The molecule has 2 aromatic carbocycles. The summed E-state index contributed by atoms with van der Waals surface area (Å²) in [6.07, 6.45) is 1.28. The number of halogens is 2. The Morgan fingerprint density at radius 1 is 1.19 bits per heavy atom. The Hall–Kier alpha value is -3.29. The number of para-hydroxylation sites is 2. The van der Waals surface area contributed by atoms with Gasteiger partial charge in [0.15, 0.2) is 11.5 Å². The molecule has 0 N–H and O–H groups in total. The van der Waals surface area contributed by atoms with Crippen LogP contribution in [0.3, 0.4) is 0 Å². The van der Waals surface area contributed by atoms with E-state index in [0.717, 1.165) is 13.2 Å². The molecule has 0 unspecified atom stereocenters. The third-order valence-corrected chi connectivity index (χ3v) is 3.46. The lowest BCUT2D eigenvalue weighted by Gasteiger charge is -2.13. The van der Waals surface area contributed by atoms with Crippen LogP contribution in [0.25, 0.3) is 11.0 Å². The third kappa shape index (κ3) is 3.26. The van der Waals surface area contributed by atoms with Crippen molar-refractivity contribution in [3.63, 3.8) is 0 Å². The largest absolute Gasteiger partial charge is 0.493 e. The van der Waals surface area contributed by atoms with Crippen LogP contribution in [0.4, 0.5) is 8.78 Å². The highest BCUT2D eigenvalue weighted by Crippen LogP contribution is 2.35. The van der Waals surface area contributed by atoms with E-state index < -0.39 is 34.7 Å². The summed E-state index contributed by atoms with van der Waals surface area (Å²) in [5.74, 6) is -4.24. The van der Waals surface area contributed by atoms with Crippen molar-refractivity contribution < 1.29 is 27.8 Å². The summed E-state index contributed by atoms with van der Waals surface area (Å²) in [5.41, 5.74) is 0.520. The van der Waals surface area contributed by atoms with Crippen molar-refractivity contribution in [2.45, 2.75) is 6.92 Å². The van der Waals surface area contributed by atoms with Gasteiger partial charge >= 0.3 is 5.97 Å². The zero-order valence-electron chi connectivity index (χ0n) is 14.0. The lowest BCUT2D eigenvalue weighted by molar-refractivity contribution is 0.0516. The fourth-order valence-corrected chi connectivity index (χ4v) is 2.34. The molecule has 3 aromatic rings. The van der Waals surface area contributed by atoms with E-state index in [1.807, 2.05) is 0 Å². The number of hydrogen-bond acceptors (Lipinski definition) is 6. The number of nitrogens with zero attached hydrogens (tertiary/aromatic N) is 2. The molecule has 8 heteroatoms. The van der Waals surface area contributed by atoms with Gasteiger partial charge in [0, 0.05) is 6.07 Å². The molecule has 0 spiro atoms. The fourth-order valence-electron chi connectivity index (χ4n) is 2.34. The monoisotopic (exact) mass is 360 g/mol. The maximum absolute atomic E-state index is 14.6. The first kappa shape index (κ1) is 17.5. The highest BCUT2D eigenvalue weighted by molar-refractivity contribution is 5.93. The van der Waals surface area contributed by atoms with E-state index in [0.29, 0.717) is 11.0 Å². The molecule has 134 valence electrons. The molecule has 26 heavy (non-hydrogen) atoms. The fraction of sp³-hybridized carbons (Fsp3) is 0.167. The Balaban J connectivity index is 2.01. The Morgan fingerprint density at radius 3 is 2.62 bits per heavy atom. The zero-order chi connectivity index (χ0) is 18.7. The van der Waals surface area contributed by atoms with Crippen LogP contribution in [0, 0.1) is 11.6 Å². The Morgan fingerprint density at radius 2 is 1.92 bits per heavy atom. The number of ether oxygens (including phenoxy) is 3. The number of carbonyl (C=O) groups is 1. The summed E-state index contributed by atoms with van der Waals surface area (Å²) in [5, 5.41) is 0. The predicted octanol–water partition coefficient (Wildman–Crippen LogP) is 3.89. The van der Waals surface area contributed by atoms with E-state index in [9.17, 15) is 13.6 Å². The van der Waals surface area contributed by atoms with E-state index in [4.69, 9.17) is 14.2 Å². The smallest absolute Gasteiger partial charge is 0.345 e. The van der Waals surface area contributed by atoms with Crippen molar-refractivity contribution in [3.05, 3.63) is 53.7 Å². The number of fused-ring (bicyclic) bond motifs is 1. The molecule has 0 radical (unpaired) electrons. The van der Waals surface area contributed by atoms with E-state index in [2.05, 4.69) is 9.97 Å². The van der Waals surface area contributed by atoms with Gasteiger partial charge in [0.2, 0.25) is 11.7 Å². The lowest BCUT2D eigenvalue weighted by atomic mass is 10.1. The predicted molar refractivity (Wildman–Crippen MR) is 88.5 cm³/mol. The van der Waals surface area contributed by atoms with Crippen molar-refractivity contribution in [2.24, 2.45) is 0 Å². The highest BCUT2D eigenvalue weighted by Gasteiger charge is 2.27. The van der Waals surface area contributed by atoms with Gasteiger partial charge in [-0.25, -0.2) is 19.2 Å². The van der Waals surface area contributed by atoms with Gasteiger partial charge in [-0.05, 0) is 19.1 Å². The summed E-state index contributed by atoms with van der Waals surface area (Å²) >= 11 is 0. The van der Waals surface area contributed by atoms with Crippen LogP contribution >= 0.6 is 0 Å². The average molecular weight is 360 g/mol. The molecule has 0 saturated carbocycles. The maximum atomic E-state index is 14.6. The first-order valence-corrected chi connectivity index (χ1v) is 7.68. The van der Waals surface area contributed by atoms with E-state index in [1.165, 1.54) is 6.20 Å². The molecule has 0 bridgehead atoms. The van der Waals surface area contributed by atoms with E-state index >= 15 is 0 Å². The summed E-state index contributed by atoms with van der Waals surface area (Å²) in [6.45, 7) is 1.56. The molecular formula is C18H14F2N2O4. The molecular weight excluding hydrogens is 346 g/mol. The number of hydrogen-bond donors (Lipinski definition) is 0. The molecule has 3 rings (SSSR count). The highest BCUT2D eigenvalue weighted by atomic mass is 19.1. The molecule has 0 atom stereocenters. The molecule has 0 amide bonds. The van der Waals surface area contributed by atoms with Crippen molar-refractivity contribution in [3.8, 4) is 17.4 Å². The van der Waals surface area contributed by atoms with Crippen LogP contribution in [-0.4, -0.2) is 29.7 Å². The normalized spacial score (nSPS) is 10.6. The number of carbonyl (C=O) groups excluding carboxylic acids is 1. The number of esters is 1. The molecule has 0 saturated heterocycles. The van der Waals surface area contributed by atoms with E-state index in [-0.39, 0.29) is 12.5 Å². The van der Waals surface area contributed by atoms with Gasteiger partial charge in [-0.1, -0.05) is 12.1 Å². The van der Waals surface area contributed by atoms with Crippen molar-refractivity contribution in [1.29, 1.82) is 0 Å². The third-order valence-electron chi connectivity index (χ3n) is 3.46. The molecule has 6 nitrogen and oxygen atoms in total. The molecule has 1 heterocycles. The second-order valence-electron chi connectivity index (χ2n) is 5.10.